The normalized spacial score (nSPS) is 22.5. The Morgan fingerprint density at radius 2 is 1.86 bits per heavy atom. The number of nitrogens with one attached hydrogen (secondary N) is 3. The second-order valence-electron chi connectivity index (χ2n) is 13.4. The summed E-state index contributed by atoms with van der Waals surface area (Å²) in [5.41, 5.74) is 12.5. The number of nitrogens with zero attached hydrogens (tertiary/aromatic N) is 2. The molecule has 2 unspecified atom stereocenters. The monoisotopic (exact) mass is 654 g/mol. The smallest absolute Gasteiger partial charge is 0.360 e. The van der Waals surface area contributed by atoms with E-state index in [1.165, 1.54) is 7.11 Å². The van der Waals surface area contributed by atoms with E-state index < -0.39 is 29.7 Å². The zero-order valence-corrected chi connectivity index (χ0v) is 26.7. The minimum absolute atomic E-state index is 0.00127. The van der Waals surface area contributed by atoms with Gasteiger partial charge in [0.15, 0.2) is 29.1 Å². The fourth-order valence-corrected chi connectivity index (χ4v) is 8.08. The molecule has 0 radical (unpaired) electrons. The summed E-state index contributed by atoms with van der Waals surface area (Å²) in [6.07, 6.45) is 1.47. The summed E-state index contributed by atoms with van der Waals surface area (Å²) >= 11 is 0. The van der Waals surface area contributed by atoms with Gasteiger partial charge in [0, 0.05) is 45.0 Å². The van der Waals surface area contributed by atoms with Crippen LogP contribution in [0.5, 0.6) is 5.75 Å². The third-order valence-corrected chi connectivity index (χ3v) is 10.3. The second kappa shape index (κ2) is 9.60. The molecule has 0 aliphatic carbocycles. The lowest BCUT2D eigenvalue weighted by atomic mass is 9.72. The highest BCUT2D eigenvalue weighted by molar-refractivity contribution is 6.10. The summed E-state index contributed by atoms with van der Waals surface area (Å²) in [6, 6.07) is 16.6. The van der Waals surface area contributed by atoms with Gasteiger partial charge in [0.05, 0.1) is 13.2 Å². The van der Waals surface area contributed by atoms with Crippen LogP contribution in [-0.2, 0) is 21.4 Å². The van der Waals surface area contributed by atoms with E-state index in [1.54, 1.807) is 0 Å². The Bertz CT molecular complexity index is 2420. The molecule has 244 valence electrons. The highest BCUT2D eigenvalue weighted by Crippen LogP contribution is 2.61. The van der Waals surface area contributed by atoms with Gasteiger partial charge in [0.2, 0.25) is 17.7 Å². The molecule has 5 N–H and O–H groups in total. The fraction of sp³-hybridized carbons (Fsp3) is 0.243. The Kier molecular flexibility index (Phi) is 5.52. The van der Waals surface area contributed by atoms with Crippen molar-refractivity contribution >= 4 is 28.5 Å². The molecule has 0 fully saturated rings. The van der Waals surface area contributed by atoms with Crippen LogP contribution in [0, 0.1) is 5.92 Å². The number of carbonyl (C=O) groups is 2. The number of aromatic nitrogens is 3. The molecule has 3 aromatic carbocycles. The second-order valence-corrected chi connectivity index (χ2v) is 13.4. The standard InChI is InChI=1S/C37H30N6O6/c1-15(2)26-33-42-29-31(49-33)37-20-8-4-7-18(27(20)43-36(37)47-24-11-10-16(12-21(24)37)13-22(38)32(44)40-26)17-6-5-9-23-25(17)19(14-39-23)30-28(35(45)46-3)41-34(29)48-30/h4-12,14-15,22,26,36,39,43H,13,38H2,1-3H3,(H,40,44)/t22-,26-,36?,37?/m0/s1. The van der Waals surface area contributed by atoms with Gasteiger partial charge in [-0.05, 0) is 35.6 Å². The molecule has 7 heterocycles. The topological polar surface area (TPSA) is 171 Å². The molecule has 12 heteroatoms. The lowest BCUT2D eigenvalue weighted by Crippen LogP contribution is -2.45. The van der Waals surface area contributed by atoms with E-state index in [1.807, 2.05) is 62.5 Å². The number of amides is 1. The van der Waals surface area contributed by atoms with Gasteiger partial charge in [0.1, 0.15) is 17.2 Å². The molecule has 10 rings (SSSR count). The number of rotatable bonds is 2. The van der Waals surface area contributed by atoms with E-state index in [2.05, 4.69) is 27.8 Å². The van der Waals surface area contributed by atoms with Crippen LogP contribution in [0.4, 0.5) is 5.69 Å². The number of H-pyrrole nitrogens is 1. The maximum absolute atomic E-state index is 13.5. The largest absolute Gasteiger partial charge is 0.469 e. The van der Waals surface area contributed by atoms with Crippen molar-refractivity contribution in [3.63, 3.8) is 0 Å². The van der Waals surface area contributed by atoms with E-state index in [0.29, 0.717) is 23.5 Å². The van der Waals surface area contributed by atoms with Crippen molar-refractivity contribution < 1.29 is 27.9 Å². The van der Waals surface area contributed by atoms with Crippen LogP contribution in [0.1, 0.15) is 58.7 Å². The van der Waals surface area contributed by atoms with Crippen LogP contribution in [-0.4, -0.2) is 46.2 Å². The average Bonchev–Trinajstić information content (AvgIpc) is 3.91. The first-order chi connectivity index (χ1) is 23.8. The number of esters is 1. The zero-order valence-electron chi connectivity index (χ0n) is 26.7. The van der Waals surface area contributed by atoms with Crippen molar-refractivity contribution in [2.45, 2.75) is 44.0 Å². The fourth-order valence-electron chi connectivity index (χ4n) is 8.08. The number of aromatic amines is 1. The van der Waals surface area contributed by atoms with Crippen molar-refractivity contribution in [1.82, 2.24) is 20.3 Å². The number of ether oxygens (including phenoxy) is 2. The molecule has 4 atom stereocenters. The first-order valence-corrected chi connectivity index (χ1v) is 16.3. The Morgan fingerprint density at radius 3 is 2.69 bits per heavy atom. The van der Waals surface area contributed by atoms with Gasteiger partial charge in [-0.25, -0.2) is 9.78 Å². The molecule has 10 bridgehead atoms. The van der Waals surface area contributed by atoms with Gasteiger partial charge in [-0.1, -0.05) is 56.3 Å². The van der Waals surface area contributed by atoms with Gasteiger partial charge in [-0.15, -0.1) is 0 Å². The van der Waals surface area contributed by atoms with Crippen molar-refractivity contribution in [2.24, 2.45) is 11.7 Å². The predicted octanol–water partition coefficient (Wildman–Crippen LogP) is 5.42. The number of hydrogen-bond acceptors (Lipinski definition) is 10. The minimum atomic E-state index is -1.08. The van der Waals surface area contributed by atoms with E-state index >= 15 is 0 Å². The number of carbonyl (C=O) groups excluding carboxylic acids is 2. The summed E-state index contributed by atoms with van der Waals surface area (Å²) in [7, 11) is 1.31. The third-order valence-electron chi connectivity index (χ3n) is 10.3. The van der Waals surface area contributed by atoms with Crippen LogP contribution >= 0.6 is 0 Å². The van der Waals surface area contributed by atoms with E-state index in [0.717, 1.165) is 44.4 Å². The number of oxazole rings is 2. The van der Waals surface area contributed by atoms with Gasteiger partial charge in [-0.2, -0.15) is 4.98 Å². The average molecular weight is 655 g/mol. The van der Waals surface area contributed by atoms with E-state index in [-0.39, 0.29) is 40.8 Å². The van der Waals surface area contributed by atoms with Crippen molar-refractivity contribution in [3.05, 3.63) is 94.8 Å². The summed E-state index contributed by atoms with van der Waals surface area (Å²) in [5, 5.41) is 7.68. The van der Waals surface area contributed by atoms with Crippen LogP contribution in [0.25, 0.3) is 44.9 Å². The van der Waals surface area contributed by atoms with Gasteiger partial charge < -0.3 is 39.7 Å². The number of anilines is 1. The van der Waals surface area contributed by atoms with Gasteiger partial charge in [0.25, 0.3) is 0 Å². The lowest BCUT2D eigenvalue weighted by molar-refractivity contribution is -0.123. The predicted molar refractivity (Wildman–Crippen MR) is 178 cm³/mol. The van der Waals surface area contributed by atoms with Crippen LogP contribution < -0.4 is 21.1 Å². The maximum Gasteiger partial charge on any atom is 0.360 e. The molecule has 1 spiro atoms. The molecule has 12 nitrogen and oxygen atoms in total. The minimum Gasteiger partial charge on any atom is -0.469 e. The number of benzene rings is 3. The molecule has 4 aliphatic heterocycles. The number of nitrogens with two attached hydrogens (primary N) is 1. The summed E-state index contributed by atoms with van der Waals surface area (Å²) in [4.78, 5) is 40.0. The third kappa shape index (κ3) is 3.55. The van der Waals surface area contributed by atoms with Crippen molar-refractivity contribution in [3.8, 4) is 39.8 Å². The Hall–Kier alpha value is -5.88. The SMILES string of the molecule is COC(=O)c1nc2oc1-c1c[nH]c3cccc(c13)-c1cccc3c1NC1Oc4ccc5cc4C31c1oc(nc1-2)[C@H](C(C)C)NC(=O)[C@@H](N)C5. The molecule has 0 saturated carbocycles. The number of para-hydroxylation sites is 1. The number of fused-ring (bicyclic) bond motifs is 7. The molecule has 6 aromatic rings. The van der Waals surface area contributed by atoms with Crippen LogP contribution in [0.15, 0.2) is 69.6 Å². The Morgan fingerprint density at radius 1 is 1.02 bits per heavy atom. The molecule has 1 amide bonds. The zero-order chi connectivity index (χ0) is 33.3. The molecule has 4 aliphatic rings. The number of methoxy groups -OCH3 is 1. The summed E-state index contributed by atoms with van der Waals surface area (Å²) in [6.45, 7) is 3.95. The molecule has 0 saturated heterocycles. The van der Waals surface area contributed by atoms with Crippen molar-refractivity contribution in [2.75, 3.05) is 12.4 Å². The number of hydrogen-bond donors (Lipinski definition) is 4. The summed E-state index contributed by atoms with van der Waals surface area (Å²) in [5.74, 6) is 0.502. The lowest BCUT2D eigenvalue weighted by Gasteiger charge is -2.28. The van der Waals surface area contributed by atoms with Gasteiger partial charge in [-0.3, -0.25) is 4.79 Å². The van der Waals surface area contributed by atoms with Crippen LogP contribution in [0.3, 0.4) is 0 Å². The first-order valence-electron chi connectivity index (χ1n) is 16.3. The Balaban J connectivity index is 1.40. The van der Waals surface area contributed by atoms with E-state index in [9.17, 15) is 9.59 Å². The first kappa shape index (κ1) is 28.2. The molecular formula is C37H30N6O6. The highest BCUT2D eigenvalue weighted by Gasteiger charge is 2.61. The maximum atomic E-state index is 13.5. The quantitative estimate of drug-likeness (QED) is 0.177. The molecule has 49 heavy (non-hydrogen) atoms. The van der Waals surface area contributed by atoms with E-state index in [4.69, 9.17) is 34.0 Å². The summed E-state index contributed by atoms with van der Waals surface area (Å²) < 4.78 is 25.5. The Labute approximate surface area is 279 Å². The van der Waals surface area contributed by atoms with Crippen LogP contribution in [0.2, 0.25) is 0 Å². The van der Waals surface area contributed by atoms with Gasteiger partial charge >= 0.3 is 5.97 Å². The molecule has 3 aromatic heterocycles. The highest BCUT2D eigenvalue weighted by atomic mass is 16.5. The van der Waals surface area contributed by atoms with Crippen molar-refractivity contribution in [1.29, 1.82) is 0 Å². The molecular weight excluding hydrogens is 624 g/mol.